The van der Waals surface area contributed by atoms with E-state index in [-0.39, 0.29) is 18.0 Å². The molecule has 0 bridgehead atoms. The fourth-order valence-corrected chi connectivity index (χ4v) is 2.61. The second-order valence-corrected chi connectivity index (χ2v) is 5.95. The van der Waals surface area contributed by atoms with Crippen LogP contribution in [-0.4, -0.2) is 19.1 Å². The maximum absolute atomic E-state index is 12.4. The molecule has 2 rings (SSSR count). The van der Waals surface area contributed by atoms with E-state index in [1.165, 1.54) is 0 Å². The Hall–Kier alpha value is -2.04. The van der Waals surface area contributed by atoms with Crippen molar-refractivity contribution in [2.75, 3.05) is 12.4 Å². The fourth-order valence-electron chi connectivity index (χ4n) is 2.42. The van der Waals surface area contributed by atoms with E-state index in [9.17, 15) is 4.79 Å². The Kier molecular flexibility index (Phi) is 6.02. The lowest BCUT2D eigenvalue weighted by Gasteiger charge is -2.17. The van der Waals surface area contributed by atoms with Crippen LogP contribution in [0.15, 0.2) is 48.5 Å². The SMILES string of the molecule is COc1ccccc1NC(=O)[C@@H](C)[NH2+][C@H](C)c1cccc(Cl)c1. The van der Waals surface area contributed by atoms with Gasteiger partial charge in [0, 0.05) is 10.6 Å². The zero-order valence-corrected chi connectivity index (χ0v) is 14.3. The van der Waals surface area contributed by atoms with Crippen molar-refractivity contribution < 1.29 is 14.8 Å². The molecule has 0 aliphatic carbocycles. The van der Waals surface area contributed by atoms with Crippen molar-refractivity contribution in [1.29, 1.82) is 0 Å². The normalized spacial score (nSPS) is 13.2. The maximum Gasteiger partial charge on any atom is 0.282 e. The molecule has 0 saturated carbocycles. The van der Waals surface area contributed by atoms with E-state index in [2.05, 4.69) is 12.2 Å². The van der Waals surface area contributed by atoms with Crippen LogP contribution in [0.5, 0.6) is 5.75 Å². The first kappa shape index (κ1) is 17.3. The molecule has 23 heavy (non-hydrogen) atoms. The lowest BCUT2D eigenvalue weighted by Crippen LogP contribution is -2.91. The van der Waals surface area contributed by atoms with Crippen LogP contribution in [0.3, 0.4) is 0 Å². The van der Waals surface area contributed by atoms with E-state index in [1.54, 1.807) is 7.11 Å². The second-order valence-electron chi connectivity index (χ2n) is 5.51. The molecule has 2 aromatic rings. The molecule has 0 heterocycles. The van der Waals surface area contributed by atoms with Crippen molar-refractivity contribution in [3.8, 4) is 5.75 Å². The molecule has 0 radical (unpaired) electrons. The Bertz CT molecular complexity index is 676. The van der Waals surface area contributed by atoms with Gasteiger partial charge in [0.2, 0.25) is 0 Å². The van der Waals surface area contributed by atoms with Crippen LogP contribution < -0.4 is 15.4 Å². The molecule has 3 N–H and O–H groups in total. The van der Waals surface area contributed by atoms with E-state index in [4.69, 9.17) is 16.3 Å². The number of quaternary nitrogens is 1. The molecule has 2 aromatic carbocycles. The molecule has 4 nitrogen and oxygen atoms in total. The first-order valence-electron chi connectivity index (χ1n) is 7.55. The van der Waals surface area contributed by atoms with Crippen LogP contribution in [0, 0.1) is 0 Å². The van der Waals surface area contributed by atoms with E-state index < -0.39 is 0 Å². The van der Waals surface area contributed by atoms with Crippen molar-refractivity contribution in [2.24, 2.45) is 0 Å². The highest BCUT2D eigenvalue weighted by atomic mass is 35.5. The summed E-state index contributed by atoms with van der Waals surface area (Å²) >= 11 is 6.02. The maximum atomic E-state index is 12.4. The highest BCUT2D eigenvalue weighted by Crippen LogP contribution is 2.23. The minimum absolute atomic E-state index is 0.0663. The summed E-state index contributed by atoms with van der Waals surface area (Å²) in [5, 5.41) is 5.62. The number of carbonyl (C=O) groups is 1. The number of methoxy groups -OCH3 is 1. The number of hydrogen-bond donors (Lipinski definition) is 2. The number of nitrogens with one attached hydrogen (secondary N) is 1. The van der Waals surface area contributed by atoms with E-state index in [0.29, 0.717) is 16.5 Å². The van der Waals surface area contributed by atoms with Crippen LogP contribution in [-0.2, 0) is 4.79 Å². The largest absolute Gasteiger partial charge is 0.495 e. The van der Waals surface area contributed by atoms with Gasteiger partial charge in [0.1, 0.15) is 11.8 Å². The molecule has 0 saturated heterocycles. The molecule has 0 aliphatic rings. The molecule has 2 atom stereocenters. The summed E-state index contributed by atoms with van der Waals surface area (Å²) in [5.74, 6) is 0.583. The summed E-state index contributed by atoms with van der Waals surface area (Å²) in [4.78, 5) is 12.4. The molecular weight excluding hydrogens is 312 g/mol. The second kappa shape index (κ2) is 7.99. The first-order valence-corrected chi connectivity index (χ1v) is 7.93. The number of anilines is 1. The monoisotopic (exact) mass is 333 g/mol. The van der Waals surface area contributed by atoms with Crippen molar-refractivity contribution in [3.63, 3.8) is 0 Å². The topological polar surface area (TPSA) is 54.9 Å². The summed E-state index contributed by atoms with van der Waals surface area (Å²) in [6.45, 7) is 3.93. The Morgan fingerprint density at radius 1 is 1.17 bits per heavy atom. The van der Waals surface area contributed by atoms with Crippen molar-refractivity contribution in [1.82, 2.24) is 0 Å². The number of benzene rings is 2. The number of para-hydroxylation sites is 2. The quantitative estimate of drug-likeness (QED) is 0.853. The van der Waals surface area contributed by atoms with Crippen LogP contribution in [0.25, 0.3) is 0 Å². The first-order chi connectivity index (χ1) is 11.0. The van der Waals surface area contributed by atoms with Crippen LogP contribution >= 0.6 is 11.6 Å². The summed E-state index contributed by atoms with van der Waals surface area (Å²) in [7, 11) is 1.59. The van der Waals surface area contributed by atoms with E-state index in [0.717, 1.165) is 5.56 Å². The Morgan fingerprint density at radius 3 is 2.61 bits per heavy atom. The summed E-state index contributed by atoms with van der Waals surface area (Å²) in [6.07, 6.45) is 0. The van der Waals surface area contributed by atoms with Crippen molar-refractivity contribution in [2.45, 2.75) is 25.9 Å². The average molecular weight is 334 g/mol. The van der Waals surface area contributed by atoms with Gasteiger partial charge in [-0.05, 0) is 38.1 Å². The number of nitrogens with two attached hydrogens (primary N) is 1. The van der Waals surface area contributed by atoms with Gasteiger partial charge >= 0.3 is 0 Å². The summed E-state index contributed by atoms with van der Waals surface area (Å²) < 4.78 is 5.25. The van der Waals surface area contributed by atoms with Crippen LogP contribution in [0.1, 0.15) is 25.5 Å². The Labute approximate surface area is 141 Å². The molecule has 5 heteroatoms. The molecule has 0 aromatic heterocycles. The number of ether oxygens (including phenoxy) is 1. The molecule has 122 valence electrons. The minimum Gasteiger partial charge on any atom is -0.495 e. The number of rotatable bonds is 6. The predicted molar refractivity (Wildman–Crippen MR) is 92.9 cm³/mol. The average Bonchev–Trinajstić information content (AvgIpc) is 2.55. The third-order valence-corrected chi connectivity index (χ3v) is 3.97. The molecular formula is C18H22ClN2O2+. The van der Waals surface area contributed by atoms with E-state index in [1.807, 2.05) is 60.8 Å². The van der Waals surface area contributed by atoms with Gasteiger partial charge in [0.05, 0.1) is 12.8 Å². The van der Waals surface area contributed by atoms with Gasteiger partial charge in [0.25, 0.3) is 5.91 Å². The van der Waals surface area contributed by atoms with Gasteiger partial charge in [-0.1, -0.05) is 35.9 Å². The molecule has 0 fully saturated rings. The van der Waals surface area contributed by atoms with Crippen molar-refractivity contribution in [3.05, 3.63) is 59.1 Å². The molecule has 0 unspecified atom stereocenters. The van der Waals surface area contributed by atoms with E-state index >= 15 is 0 Å². The molecule has 1 amide bonds. The van der Waals surface area contributed by atoms with Gasteiger partial charge in [0.15, 0.2) is 6.04 Å². The summed E-state index contributed by atoms with van der Waals surface area (Å²) in [5.41, 5.74) is 1.77. The van der Waals surface area contributed by atoms with Gasteiger partial charge in [-0.3, -0.25) is 4.79 Å². The third kappa shape index (κ3) is 4.71. The minimum atomic E-state index is -0.242. The standard InChI is InChI=1S/C18H21ClN2O2/c1-12(14-7-6-8-15(19)11-14)20-13(2)18(22)21-16-9-4-5-10-17(16)23-3/h4-13,20H,1-3H3,(H,21,22)/p+1/t12-,13-/m1/s1. The molecule has 0 spiro atoms. The number of amides is 1. The lowest BCUT2D eigenvalue weighted by molar-refractivity contribution is -0.709. The van der Waals surface area contributed by atoms with Gasteiger partial charge < -0.3 is 15.4 Å². The van der Waals surface area contributed by atoms with Crippen LogP contribution in [0.4, 0.5) is 5.69 Å². The van der Waals surface area contributed by atoms with Crippen molar-refractivity contribution >= 4 is 23.2 Å². The number of carbonyl (C=O) groups excluding carboxylic acids is 1. The highest BCUT2D eigenvalue weighted by Gasteiger charge is 2.21. The smallest absolute Gasteiger partial charge is 0.282 e. The fraction of sp³-hybridized carbons (Fsp3) is 0.278. The predicted octanol–water partition coefficient (Wildman–Crippen LogP) is 3.00. The van der Waals surface area contributed by atoms with Gasteiger partial charge in [-0.15, -0.1) is 0 Å². The molecule has 0 aliphatic heterocycles. The van der Waals surface area contributed by atoms with Gasteiger partial charge in [-0.2, -0.15) is 0 Å². The highest BCUT2D eigenvalue weighted by molar-refractivity contribution is 6.30. The summed E-state index contributed by atoms with van der Waals surface area (Å²) in [6, 6.07) is 15.0. The third-order valence-electron chi connectivity index (χ3n) is 3.73. The lowest BCUT2D eigenvalue weighted by atomic mass is 10.1. The number of halogens is 1. The Morgan fingerprint density at radius 2 is 1.91 bits per heavy atom. The zero-order chi connectivity index (χ0) is 16.8. The van der Waals surface area contributed by atoms with Crippen LogP contribution in [0.2, 0.25) is 5.02 Å². The van der Waals surface area contributed by atoms with Gasteiger partial charge in [-0.25, -0.2) is 0 Å². The Balaban J connectivity index is 1.99. The zero-order valence-electron chi connectivity index (χ0n) is 13.5. The number of hydrogen-bond acceptors (Lipinski definition) is 2.